The van der Waals surface area contributed by atoms with Gasteiger partial charge in [0, 0.05) is 12.0 Å². The molecule has 0 radical (unpaired) electrons. The van der Waals surface area contributed by atoms with Crippen LogP contribution in [-0.4, -0.2) is 25.5 Å². The molecule has 0 aliphatic carbocycles. The van der Waals surface area contributed by atoms with Crippen LogP contribution in [0.1, 0.15) is 16.7 Å². The number of alkyl halides is 3. The molecule has 1 saturated heterocycles. The van der Waals surface area contributed by atoms with Gasteiger partial charge in [0.05, 0.1) is 32.9 Å². The topological polar surface area (TPSA) is 48.0 Å². The summed E-state index contributed by atoms with van der Waals surface area (Å²) in [6.07, 6.45) is -4.69. The van der Waals surface area contributed by atoms with Gasteiger partial charge in [-0.3, -0.25) is 4.90 Å². The van der Waals surface area contributed by atoms with Crippen molar-refractivity contribution in [2.75, 3.05) is 18.1 Å². The summed E-state index contributed by atoms with van der Waals surface area (Å²) in [6.45, 7) is 0.550. The molecule has 1 atom stereocenters. The van der Waals surface area contributed by atoms with Crippen molar-refractivity contribution in [2.24, 2.45) is 0 Å². The monoisotopic (exact) mass is 493 g/mol. The summed E-state index contributed by atoms with van der Waals surface area (Å²) in [5, 5.41) is 0.00837. The van der Waals surface area contributed by atoms with Gasteiger partial charge in [-0.15, -0.1) is 0 Å². The molecule has 0 saturated carbocycles. The molecule has 1 amide bonds. The number of nitrogens with zero attached hydrogens (tertiary/aromatic N) is 1. The molecule has 0 aromatic heterocycles. The molecule has 4 rings (SSSR count). The van der Waals surface area contributed by atoms with Crippen molar-refractivity contribution >= 4 is 52.3 Å². The third-order valence-corrected chi connectivity index (χ3v) is 5.71. The fourth-order valence-electron chi connectivity index (χ4n) is 3.26. The summed E-state index contributed by atoms with van der Waals surface area (Å²) in [5.41, 5.74) is 0.105. The lowest BCUT2D eigenvalue weighted by Gasteiger charge is -2.18. The number of anilines is 1. The zero-order chi connectivity index (χ0) is 22.3. The summed E-state index contributed by atoms with van der Waals surface area (Å²) in [7, 11) is 0. The zero-order valence-electron chi connectivity index (χ0n) is 15.5. The highest BCUT2D eigenvalue weighted by molar-refractivity contribution is 6.40. The Balaban J connectivity index is 1.50. The zero-order valence-corrected chi connectivity index (χ0v) is 17.8. The third-order valence-electron chi connectivity index (χ3n) is 4.69. The number of amides is 1. The van der Waals surface area contributed by atoms with Crippen molar-refractivity contribution in [1.29, 1.82) is 0 Å². The van der Waals surface area contributed by atoms with Gasteiger partial charge in [0.25, 0.3) is 0 Å². The molecule has 2 aromatic rings. The lowest BCUT2D eigenvalue weighted by atomic mass is 10.1. The second kappa shape index (κ2) is 8.33. The van der Waals surface area contributed by atoms with Crippen LogP contribution in [0.2, 0.25) is 15.1 Å². The van der Waals surface area contributed by atoms with Crippen molar-refractivity contribution in [2.45, 2.75) is 18.9 Å². The highest BCUT2D eigenvalue weighted by atomic mass is 35.5. The number of halogens is 6. The number of ether oxygens (including phenoxy) is 3. The minimum Gasteiger partial charge on any atom is -0.458 e. The fourth-order valence-corrected chi connectivity index (χ4v) is 4.26. The lowest BCUT2D eigenvalue weighted by Crippen LogP contribution is -2.24. The van der Waals surface area contributed by atoms with E-state index in [-0.39, 0.29) is 34.4 Å². The van der Waals surface area contributed by atoms with Gasteiger partial charge in [-0.25, -0.2) is 4.79 Å². The highest BCUT2D eigenvalue weighted by Gasteiger charge is 2.35. The normalized spacial score (nSPS) is 18.5. The predicted molar refractivity (Wildman–Crippen MR) is 109 cm³/mol. The second-order valence-corrected chi connectivity index (χ2v) is 7.89. The summed E-state index contributed by atoms with van der Waals surface area (Å²) in [5.74, 6) is 0.285. The smallest absolute Gasteiger partial charge is 0.417 e. The van der Waals surface area contributed by atoms with Crippen molar-refractivity contribution in [3.8, 4) is 0 Å². The van der Waals surface area contributed by atoms with Crippen LogP contribution in [0.15, 0.2) is 36.6 Å². The van der Waals surface area contributed by atoms with E-state index in [2.05, 4.69) is 0 Å². The maximum atomic E-state index is 13.1. The number of rotatable bonds is 4. The van der Waals surface area contributed by atoms with Gasteiger partial charge in [-0.05, 0) is 23.8 Å². The Hall–Kier alpha value is -2.29. The van der Waals surface area contributed by atoms with Crippen LogP contribution < -0.4 is 4.90 Å². The van der Waals surface area contributed by atoms with Crippen LogP contribution in [-0.2, 0) is 26.8 Å². The lowest BCUT2D eigenvalue weighted by molar-refractivity contribution is -0.137. The van der Waals surface area contributed by atoms with Crippen molar-refractivity contribution in [1.82, 2.24) is 0 Å². The van der Waals surface area contributed by atoms with E-state index in [0.29, 0.717) is 17.8 Å². The van der Waals surface area contributed by atoms with E-state index in [0.717, 1.165) is 6.07 Å². The Labute approximate surface area is 189 Å². The Bertz CT molecular complexity index is 1050. The van der Waals surface area contributed by atoms with E-state index >= 15 is 0 Å². The first kappa shape index (κ1) is 21.9. The molecule has 0 N–H and O–H groups in total. The molecular weight excluding hydrogens is 482 g/mol. The number of hydrogen-bond acceptors (Lipinski definition) is 4. The Morgan fingerprint density at radius 2 is 1.84 bits per heavy atom. The van der Waals surface area contributed by atoms with E-state index in [1.807, 2.05) is 0 Å². The molecule has 31 heavy (non-hydrogen) atoms. The fraction of sp³-hybridized carbons (Fsp3) is 0.250. The molecule has 1 unspecified atom stereocenters. The highest BCUT2D eigenvalue weighted by Crippen LogP contribution is 2.40. The average molecular weight is 495 g/mol. The largest absolute Gasteiger partial charge is 0.458 e. The first-order chi connectivity index (χ1) is 14.6. The maximum absolute atomic E-state index is 13.1. The first-order valence-corrected chi connectivity index (χ1v) is 10.1. The second-order valence-electron chi connectivity index (χ2n) is 6.70. The summed E-state index contributed by atoms with van der Waals surface area (Å²) >= 11 is 18.6. The van der Waals surface area contributed by atoms with Crippen LogP contribution in [0.4, 0.5) is 23.7 Å². The summed E-state index contributed by atoms with van der Waals surface area (Å²) < 4.78 is 55.2. The van der Waals surface area contributed by atoms with E-state index in [1.165, 1.54) is 23.3 Å². The summed E-state index contributed by atoms with van der Waals surface area (Å²) in [6, 6.07) is 6.74. The number of carbonyl (C=O) groups excluding carboxylic acids is 1. The maximum Gasteiger partial charge on any atom is 0.417 e. The van der Waals surface area contributed by atoms with E-state index in [1.54, 1.807) is 12.1 Å². The molecule has 2 aliphatic heterocycles. The number of cyclic esters (lactones) is 1. The van der Waals surface area contributed by atoms with Crippen LogP contribution in [0, 0.1) is 0 Å². The van der Waals surface area contributed by atoms with E-state index in [4.69, 9.17) is 49.0 Å². The molecule has 2 aromatic carbocycles. The van der Waals surface area contributed by atoms with Gasteiger partial charge >= 0.3 is 12.3 Å². The molecule has 0 spiro atoms. The van der Waals surface area contributed by atoms with Crippen LogP contribution in [0.5, 0.6) is 0 Å². The number of benzene rings is 2. The van der Waals surface area contributed by atoms with Gasteiger partial charge in [-0.2, -0.15) is 13.2 Å². The van der Waals surface area contributed by atoms with Crippen molar-refractivity contribution < 1.29 is 32.2 Å². The van der Waals surface area contributed by atoms with Crippen molar-refractivity contribution in [3.63, 3.8) is 0 Å². The Morgan fingerprint density at radius 1 is 1.13 bits per heavy atom. The van der Waals surface area contributed by atoms with Crippen molar-refractivity contribution in [3.05, 3.63) is 68.4 Å². The van der Waals surface area contributed by atoms with Gasteiger partial charge in [0.15, 0.2) is 5.76 Å². The predicted octanol–water partition coefficient (Wildman–Crippen LogP) is 6.54. The van der Waals surface area contributed by atoms with Crippen LogP contribution in [0.3, 0.4) is 0 Å². The van der Waals surface area contributed by atoms with E-state index < -0.39 is 29.1 Å². The Kier molecular flexibility index (Phi) is 5.89. The minimum atomic E-state index is -4.56. The third kappa shape index (κ3) is 4.37. The van der Waals surface area contributed by atoms with E-state index in [9.17, 15) is 18.0 Å². The molecule has 0 bridgehead atoms. The van der Waals surface area contributed by atoms with Gasteiger partial charge in [0.1, 0.15) is 12.9 Å². The number of carbonyl (C=O) groups is 1. The first-order valence-electron chi connectivity index (χ1n) is 8.95. The minimum absolute atomic E-state index is 0.0120. The van der Waals surface area contributed by atoms with Crippen LogP contribution >= 0.6 is 34.8 Å². The van der Waals surface area contributed by atoms with Gasteiger partial charge < -0.3 is 14.2 Å². The molecule has 2 heterocycles. The van der Waals surface area contributed by atoms with Crippen LogP contribution in [0.25, 0.3) is 5.76 Å². The molecular formula is C20H13Cl3F3NO4. The number of hydrogen-bond donors (Lipinski definition) is 0. The molecule has 2 aliphatic rings. The summed E-state index contributed by atoms with van der Waals surface area (Å²) in [4.78, 5) is 13.1. The van der Waals surface area contributed by atoms with Gasteiger partial charge in [-0.1, -0.05) is 46.9 Å². The molecule has 11 heteroatoms. The quantitative estimate of drug-likeness (QED) is 0.484. The molecule has 1 fully saturated rings. The average Bonchev–Trinajstić information content (AvgIpc) is 3.31. The molecule has 5 nitrogen and oxygen atoms in total. The SMILES string of the molecule is O=C1OCCN1c1c(Cl)cc(C2=COC(Cc3cccc(C(F)(F)F)c3Cl)O2)cc1Cl. The van der Waals surface area contributed by atoms with Gasteiger partial charge in [0.2, 0.25) is 6.29 Å². The Morgan fingerprint density at radius 3 is 2.45 bits per heavy atom. The standard InChI is InChI=1S/C20H13Cl3F3NO4/c21-13-6-11(7-14(22)18(13)27-4-5-29-19(27)28)15-9-30-16(31-15)8-10-2-1-3-12(17(10)23)20(24,25)26/h1-3,6-7,9,16H,4-5,8H2. The molecule has 164 valence electrons.